The fourth-order valence-corrected chi connectivity index (χ4v) is 2.21. The van der Waals surface area contributed by atoms with Gasteiger partial charge in [0.05, 0.1) is 17.9 Å². The van der Waals surface area contributed by atoms with E-state index in [1.807, 2.05) is 0 Å². The first-order valence-corrected chi connectivity index (χ1v) is 6.76. The van der Waals surface area contributed by atoms with Crippen LogP contribution >= 0.6 is 0 Å². The number of hydrogen-bond acceptors (Lipinski definition) is 3. The minimum atomic E-state index is -0.494. The van der Waals surface area contributed by atoms with Crippen LogP contribution in [0.2, 0.25) is 0 Å². The van der Waals surface area contributed by atoms with Crippen LogP contribution in [0, 0.1) is 5.82 Å². The molecule has 19 heavy (non-hydrogen) atoms. The summed E-state index contributed by atoms with van der Waals surface area (Å²) < 4.78 is 18.4. The molecule has 1 aromatic rings. The molecule has 2 rings (SSSR count). The Hall–Kier alpha value is -1.49. The third-order valence-corrected chi connectivity index (χ3v) is 3.23. The number of hydrogen-bond donors (Lipinski definition) is 1. The first kappa shape index (κ1) is 13.9. The van der Waals surface area contributed by atoms with Gasteiger partial charge in [-0.3, -0.25) is 9.78 Å². The molecule has 104 valence electrons. The zero-order chi connectivity index (χ0) is 13.5. The monoisotopic (exact) mass is 266 g/mol. The number of carbonyl (C=O) groups is 1. The Morgan fingerprint density at radius 1 is 1.47 bits per heavy atom. The van der Waals surface area contributed by atoms with Crippen molar-refractivity contribution in [2.45, 2.75) is 38.2 Å². The van der Waals surface area contributed by atoms with Crippen LogP contribution in [0.25, 0.3) is 0 Å². The van der Waals surface area contributed by atoms with E-state index in [-0.39, 0.29) is 11.5 Å². The van der Waals surface area contributed by atoms with Gasteiger partial charge in [-0.25, -0.2) is 4.39 Å². The summed E-state index contributed by atoms with van der Waals surface area (Å²) in [5.41, 5.74) is 0.263. The predicted molar refractivity (Wildman–Crippen MR) is 69.4 cm³/mol. The average molecular weight is 266 g/mol. The van der Waals surface area contributed by atoms with Crippen LogP contribution in [0.1, 0.15) is 42.5 Å². The van der Waals surface area contributed by atoms with Crippen LogP contribution in [0.3, 0.4) is 0 Å². The highest BCUT2D eigenvalue weighted by Gasteiger charge is 2.14. The zero-order valence-corrected chi connectivity index (χ0v) is 10.9. The maximum absolute atomic E-state index is 12.9. The highest BCUT2D eigenvalue weighted by molar-refractivity contribution is 5.93. The smallest absolute Gasteiger partial charge is 0.252 e. The summed E-state index contributed by atoms with van der Waals surface area (Å²) in [5, 5.41) is 2.77. The Bertz CT molecular complexity index is 420. The first-order valence-electron chi connectivity index (χ1n) is 6.76. The molecule has 2 heterocycles. The molecule has 1 N–H and O–H groups in total. The van der Waals surface area contributed by atoms with E-state index in [1.165, 1.54) is 12.3 Å². The zero-order valence-electron chi connectivity index (χ0n) is 10.9. The molecular weight excluding hydrogens is 247 g/mol. The molecule has 1 aromatic heterocycles. The van der Waals surface area contributed by atoms with Crippen molar-refractivity contribution in [3.63, 3.8) is 0 Å². The summed E-state index contributed by atoms with van der Waals surface area (Å²) in [5.74, 6) is -0.768. The van der Waals surface area contributed by atoms with Gasteiger partial charge in [0.1, 0.15) is 5.82 Å². The number of halogens is 1. The van der Waals surface area contributed by atoms with Crippen molar-refractivity contribution in [3.05, 3.63) is 29.8 Å². The summed E-state index contributed by atoms with van der Waals surface area (Å²) in [7, 11) is 0. The number of pyridine rings is 1. The first-order chi connectivity index (χ1) is 9.25. The predicted octanol–water partition coefficient (Wildman–Crippen LogP) is 2.30. The molecule has 1 saturated heterocycles. The van der Waals surface area contributed by atoms with Gasteiger partial charge in [-0.2, -0.15) is 0 Å². The van der Waals surface area contributed by atoms with E-state index in [2.05, 4.69) is 10.3 Å². The lowest BCUT2D eigenvalue weighted by Crippen LogP contribution is -2.24. The Morgan fingerprint density at radius 2 is 2.37 bits per heavy atom. The van der Waals surface area contributed by atoms with E-state index < -0.39 is 5.82 Å². The van der Waals surface area contributed by atoms with Gasteiger partial charge in [-0.05, 0) is 38.2 Å². The number of aromatic nitrogens is 1. The van der Waals surface area contributed by atoms with Crippen molar-refractivity contribution in [3.8, 4) is 0 Å². The molecule has 1 fully saturated rings. The second kappa shape index (κ2) is 7.19. The molecule has 1 atom stereocenters. The Labute approximate surface area is 112 Å². The minimum Gasteiger partial charge on any atom is -0.378 e. The van der Waals surface area contributed by atoms with Gasteiger partial charge >= 0.3 is 0 Å². The van der Waals surface area contributed by atoms with E-state index >= 15 is 0 Å². The van der Waals surface area contributed by atoms with Crippen LogP contribution in [-0.2, 0) is 4.74 Å². The van der Waals surface area contributed by atoms with Crippen LogP contribution in [0.15, 0.2) is 18.5 Å². The second-order valence-corrected chi connectivity index (χ2v) is 4.78. The lowest BCUT2D eigenvalue weighted by molar-refractivity contribution is 0.0946. The van der Waals surface area contributed by atoms with E-state index in [0.29, 0.717) is 12.6 Å². The Kier molecular flexibility index (Phi) is 5.27. The Balaban J connectivity index is 1.61. The summed E-state index contributed by atoms with van der Waals surface area (Å²) in [6.45, 7) is 1.48. The Morgan fingerprint density at radius 3 is 3.11 bits per heavy atom. The average Bonchev–Trinajstić information content (AvgIpc) is 2.91. The largest absolute Gasteiger partial charge is 0.378 e. The molecule has 0 unspecified atom stereocenters. The standard InChI is InChI=1S/C14H19FN2O2/c15-12-8-11(9-16-10-12)14(18)17-6-2-1-4-13-5-3-7-19-13/h8-10,13H,1-7H2,(H,17,18)/t13-/m0/s1. The molecule has 4 nitrogen and oxygen atoms in total. The molecule has 5 heteroatoms. The fourth-order valence-electron chi connectivity index (χ4n) is 2.21. The number of unbranched alkanes of at least 4 members (excludes halogenated alkanes) is 1. The maximum atomic E-state index is 12.9. The van der Waals surface area contributed by atoms with Crippen LogP contribution < -0.4 is 5.32 Å². The molecule has 0 aromatic carbocycles. The van der Waals surface area contributed by atoms with Crippen molar-refractivity contribution in [1.82, 2.24) is 10.3 Å². The third kappa shape index (κ3) is 4.59. The van der Waals surface area contributed by atoms with Crippen molar-refractivity contribution < 1.29 is 13.9 Å². The normalized spacial score (nSPS) is 18.5. The third-order valence-electron chi connectivity index (χ3n) is 3.23. The fraction of sp³-hybridized carbons (Fsp3) is 0.571. The molecule has 1 aliphatic rings. The number of nitrogens with zero attached hydrogens (tertiary/aromatic N) is 1. The second-order valence-electron chi connectivity index (χ2n) is 4.78. The number of carbonyl (C=O) groups excluding carboxylic acids is 1. The molecule has 0 saturated carbocycles. The molecule has 1 amide bonds. The highest BCUT2D eigenvalue weighted by Crippen LogP contribution is 2.17. The summed E-state index contributed by atoms with van der Waals surface area (Å²) >= 11 is 0. The van der Waals surface area contributed by atoms with E-state index in [0.717, 1.165) is 44.9 Å². The lowest BCUT2D eigenvalue weighted by Gasteiger charge is -2.09. The van der Waals surface area contributed by atoms with Crippen molar-refractivity contribution in [1.29, 1.82) is 0 Å². The summed E-state index contributed by atoms with van der Waals surface area (Å²) in [6, 6.07) is 1.19. The van der Waals surface area contributed by atoms with Crippen LogP contribution in [0.5, 0.6) is 0 Å². The SMILES string of the molecule is O=C(NCCCC[C@H]1CCCO1)c1cncc(F)c1. The number of ether oxygens (including phenoxy) is 1. The maximum Gasteiger partial charge on any atom is 0.252 e. The lowest BCUT2D eigenvalue weighted by atomic mass is 10.1. The molecular formula is C14H19FN2O2. The van der Waals surface area contributed by atoms with Crippen LogP contribution in [0.4, 0.5) is 4.39 Å². The molecule has 0 bridgehead atoms. The van der Waals surface area contributed by atoms with Gasteiger partial charge in [0, 0.05) is 19.3 Å². The van der Waals surface area contributed by atoms with Gasteiger partial charge in [-0.1, -0.05) is 0 Å². The van der Waals surface area contributed by atoms with Gasteiger partial charge in [0.15, 0.2) is 0 Å². The summed E-state index contributed by atoms with van der Waals surface area (Å²) in [6.07, 6.45) is 8.17. The van der Waals surface area contributed by atoms with E-state index in [1.54, 1.807) is 0 Å². The van der Waals surface area contributed by atoms with Crippen LogP contribution in [-0.4, -0.2) is 30.1 Å². The number of amides is 1. The number of nitrogens with one attached hydrogen (secondary N) is 1. The quantitative estimate of drug-likeness (QED) is 0.804. The van der Waals surface area contributed by atoms with Crippen molar-refractivity contribution in [2.24, 2.45) is 0 Å². The van der Waals surface area contributed by atoms with Gasteiger partial charge in [-0.15, -0.1) is 0 Å². The molecule has 0 spiro atoms. The summed E-state index contributed by atoms with van der Waals surface area (Å²) in [4.78, 5) is 15.3. The van der Waals surface area contributed by atoms with E-state index in [4.69, 9.17) is 4.74 Å². The number of rotatable bonds is 6. The molecule has 1 aliphatic heterocycles. The van der Waals surface area contributed by atoms with Gasteiger partial charge in [0.2, 0.25) is 0 Å². The highest BCUT2D eigenvalue weighted by atomic mass is 19.1. The van der Waals surface area contributed by atoms with Crippen molar-refractivity contribution in [2.75, 3.05) is 13.2 Å². The molecule has 0 radical (unpaired) electrons. The van der Waals surface area contributed by atoms with E-state index in [9.17, 15) is 9.18 Å². The topological polar surface area (TPSA) is 51.2 Å². The van der Waals surface area contributed by atoms with Crippen molar-refractivity contribution >= 4 is 5.91 Å². The minimum absolute atomic E-state index is 0.263. The van der Waals surface area contributed by atoms with Gasteiger partial charge in [0.25, 0.3) is 5.91 Å². The molecule has 0 aliphatic carbocycles. The van der Waals surface area contributed by atoms with Gasteiger partial charge < -0.3 is 10.1 Å².